The summed E-state index contributed by atoms with van der Waals surface area (Å²) in [5, 5.41) is 0.0885. The average molecular weight is 335 g/mol. The second kappa shape index (κ2) is 6.29. The lowest BCUT2D eigenvalue weighted by atomic mass is 9.98. The smallest absolute Gasteiger partial charge is 0.220 e. The quantitative estimate of drug-likeness (QED) is 0.906. The molecule has 1 saturated heterocycles. The Kier molecular flexibility index (Phi) is 4.85. The first-order chi connectivity index (χ1) is 9.81. The molecule has 2 N–H and O–H groups in total. The number of sulfonamides is 1. The van der Waals surface area contributed by atoms with Crippen LogP contribution in [0.2, 0.25) is 5.02 Å². The average Bonchev–Trinajstić information content (AvgIpc) is 2.43. The molecule has 1 heterocycles. The van der Waals surface area contributed by atoms with Crippen molar-refractivity contribution in [3.8, 4) is 0 Å². The van der Waals surface area contributed by atoms with Gasteiger partial charge in [-0.3, -0.25) is 4.79 Å². The molecule has 0 aliphatic carbocycles. The molecule has 0 saturated carbocycles. The minimum Gasteiger partial charge on any atom is -0.369 e. The Morgan fingerprint density at radius 2 is 2.00 bits per heavy atom. The number of rotatable bonds is 4. The van der Waals surface area contributed by atoms with Crippen molar-refractivity contribution < 1.29 is 17.6 Å². The van der Waals surface area contributed by atoms with Crippen LogP contribution in [0, 0.1) is 11.7 Å². The summed E-state index contributed by atoms with van der Waals surface area (Å²) in [6.07, 6.45) is 0.777. The van der Waals surface area contributed by atoms with E-state index < -0.39 is 27.5 Å². The number of carbonyl (C=O) groups excluding carboxylic acids is 1. The van der Waals surface area contributed by atoms with Gasteiger partial charge in [0.25, 0.3) is 0 Å². The molecule has 0 unspecified atom stereocenters. The SMILES string of the molecule is NC(=O)C1CCN(S(=O)(=O)Cc2c(F)cccc2Cl)CC1. The number of nitrogens with zero attached hydrogens (tertiary/aromatic N) is 1. The van der Waals surface area contributed by atoms with Crippen molar-refractivity contribution in [1.29, 1.82) is 0 Å². The highest BCUT2D eigenvalue weighted by molar-refractivity contribution is 7.88. The molecule has 1 amide bonds. The fourth-order valence-electron chi connectivity index (χ4n) is 2.36. The number of piperidine rings is 1. The maximum atomic E-state index is 13.7. The van der Waals surface area contributed by atoms with Gasteiger partial charge in [-0.2, -0.15) is 0 Å². The molecule has 1 aromatic rings. The van der Waals surface area contributed by atoms with Gasteiger partial charge in [0.1, 0.15) is 5.82 Å². The summed E-state index contributed by atoms with van der Waals surface area (Å²) in [4.78, 5) is 11.1. The van der Waals surface area contributed by atoms with E-state index in [0.717, 1.165) is 0 Å². The Bertz CT molecular complexity index is 623. The lowest BCUT2D eigenvalue weighted by molar-refractivity contribution is -0.122. The van der Waals surface area contributed by atoms with Crippen molar-refractivity contribution in [2.75, 3.05) is 13.1 Å². The van der Waals surface area contributed by atoms with Gasteiger partial charge in [-0.15, -0.1) is 0 Å². The third kappa shape index (κ3) is 3.72. The molecule has 0 bridgehead atoms. The summed E-state index contributed by atoms with van der Waals surface area (Å²) in [6, 6.07) is 4.05. The van der Waals surface area contributed by atoms with Crippen LogP contribution in [-0.4, -0.2) is 31.7 Å². The van der Waals surface area contributed by atoms with E-state index >= 15 is 0 Å². The zero-order valence-corrected chi connectivity index (χ0v) is 12.8. The van der Waals surface area contributed by atoms with Gasteiger partial charge in [0, 0.05) is 29.6 Å². The zero-order valence-electron chi connectivity index (χ0n) is 11.3. The van der Waals surface area contributed by atoms with Gasteiger partial charge in [0.15, 0.2) is 0 Å². The van der Waals surface area contributed by atoms with Crippen molar-refractivity contribution >= 4 is 27.5 Å². The van der Waals surface area contributed by atoms with E-state index in [0.29, 0.717) is 12.8 Å². The first-order valence-electron chi connectivity index (χ1n) is 6.51. The minimum absolute atomic E-state index is 0.0313. The number of primary amides is 1. The Morgan fingerprint density at radius 3 is 2.52 bits per heavy atom. The second-order valence-corrected chi connectivity index (χ2v) is 7.41. The van der Waals surface area contributed by atoms with Crippen LogP contribution in [0.5, 0.6) is 0 Å². The predicted octanol–water partition coefficient (Wildman–Crippen LogP) is 1.51. The first kappa shape index (κ1) is 16.2. The van der Waals surface area contributed by atoms with Crippen LogP contribution >= 0.6 is 11.6 Å². The third-order valence-electron chi connectivity index (χ3n) is 3.64. The van der Waals surface area contributed by atoms with Gasteiger partial charge in [-0.05, 0) is 25.0 Å². The maximum absolute atomic E-state index is 13.7. The predicted molar refractivity (Wildman–Crippen MR) is 77.5 cm³/mol. The van der Waals surface area contributed by atoms with E-state index in [-0.39, 0.29) is 29.6 Å². The number of hydrogen-bond donors (Lipinski definition) is 1. The fraction of sp³-hybridized carbons (Fsp3) is 0.462. The molecule has 2 rings (SSSR count). The summed E-state index contributed by atoms with van der Waals surface area (Å²) in [7, 11) is -3.67. The van der Waals surface area contributed by atoms with E-state index in [2.05, 4.69) is 0 Å². The standard InChI is InChI=1S/C13H16ClFN2O3S/c14-11-2-1-3-12(15)10(11)8-21(19,20)17-6-4-9(5-7-17)13(16)18/h1-3,9H,4-8H2,(H2,16,18). The monoisotopic (exact) mass is 334 g/mol. The highest BCUT2D eigenvalue weighted by atomic mass is 35.5. The van der Waals surface area contributed by atoms with Crippen LogP contribution in [0.25, 0.3) is 0 Å². The Hall–Kier alpha value is -1.18. The van der Waals surface area contributed by atoms with Gasteiger partial charge in [0.05, 0.1) is 5.75 Å². The lowest BCUT2D eigenvalue weighted by Gasteiger charge is -2.29. The van der Waals surface area contributed by atoms with Crippen LogP contribution in [-0.2, 0) is 20.6 Å². The molecule has 0 spiro atoms. The lowest BCUT2D eigenvalue weighted by Crippen LogP contribution is -2.42. The number of benzene rings is 1. The number of hydrogen-bond acceptors (Lipinski definition) is 3. The molecule has 1 fully saturated rings. The first-order valence-corrected chi connectivity index (χ1v) is 8.50. The summed E-state index contributed by atoms with van der Waals surface area (Å²) < 4.78 is 39.6. The number of halogens is 2. The highest BCUT2D eigenvalue weighted by Crippen LogP contribution is 2.25. The van der Waals surface area contributed by atoms with Crippen molar-refractivity contribution in [3.05, 3.63) is 34.6 Å². The Balaban J connectivity index is 2.11. The van der Waals surface area contributed by atoms with Gasteiger partial charge < -0.3 is 5.73 Å². The maximum Gasteiger partial charge on any atom is 0.220 e. The Labute approximate surface area is 127 Å². The molecule has 21 heavy (non-hydrogen) atoms. The van der Waals surface area contributed by atoms with E-state index in [4.69, 9.17) is 17.3 Å². The van der Waals surface area contributed by atoms with Crippen LogP contribution < -0.4 is 5.73 Å². The van der Waals surface area contributed by atoms with Crippen molar-refractivity contribution in [3.63, 3.8) is 0 Å². The van der Waals surface area contributed by atoms with Crippen molar-refractivity contribution in [1.82, 2.24) is 4.31 Å². The largest absolute Gasteiger partial charge is 0.369 e. The van der Waals surface area contributed by atoms with Gasteiger partial charge in [-0.1, -0.05) is 17.7 Å². The number of carbonyl (C=O) groups is 1. The Morgan fingerprint density at radius 1 is 1.38 bits per heavy atom. The molecule has 1 aliphatic heterocycles. The van der Waals surface area contributed by atoms with Crippen molar-refractivity contribution in [2.24, 2.45) is 11.7 Å². The van der Waals surface area contributed by atoms with E-state index in [9.17, 15) is 17.6 Å². The number of nitrogens with two attached hydrogens (primary N) is 1. The van der Waals surface area contributed by atoms with Crippen LogP contribution in [0.1, 0.15) is 18.4 Å². The molecule has 5 nitrogen and oxygen atoms in total. The van der Waals surface area contributed by atoms with E-state index in [1.165, 1.54) is 22.5 Å². The molecule has 116 valence electrons. The minimum atomic E-state index is -3.67. The van der Waals surface area contributed by atoms with Gasteiger partial charge in [-0.25, -0.2) is 17.1 Å². The molecule has 1 aromatic carbocycles. The molecule has 0 atom stereocenters. The van der Waals surface area contributed by atoms with Gasteiger partial charge >= 0.3 is 0 Å². The summed E-state index contributed by atoms with van der Waals surface area (Å²) in [6.45, 7) is 0.421. The molecule has 0 aromatic heterocycles. The zero-order chi connectivity index (χ0) is 15.6. The van der Waals surface area contributed by atoms with E-state index in [1.54, 1.807) is 0 Å². The van der Waals surface area contributed by atoms with Crippen molar-refractivity contribution in [2.45, 2.75) is 18.6 Å². The summed E-state index contributed by atoms with van der Waals surface area (Å²) in [5.74, 6) is -1.84. The normalized spacial score (nSPS) is 17.8. The molecular weight excluding hydrogens is 319 g/mol. The van der Waals surface area contributed by atoms with Gasteiger partial charge in [0.2, 0.25) is 15.9 Å². The molecular formula is C13H16ClFN2O3S. The number of amides is 1. The summed E-state index contributed by atoms with van der Waals surface area (Å²) >= 11 is 5.86. The summed E-state index contributed by atoms with van der Waals surface area (Å²) in [5.41, 5.74) is 5.18. The molecule has 8 heteroatoms. The third-order valence-corrected chi connectivity index (χ3v) is 5.80. The van der Waals surface area contributed by atoms with Crippen LogP contribution in [0.3, 0.4) is 0 Å². The van der Waals surface area contributed by atoms with Crippen LogP contribution in [0.4, 0.5) is 4.39 Å². The van der Waals surface area contributed by atoms with E-state index in [1.807, 2.05) is 0 Å². The fourth-order valence-corrected chi connectivity index (χ4v) is 4.28. The topological polar surface area (TPSA) is 80.5 Å². The molecule has 0 radical (unpaired) electrons. The highest BCUT2D eigenvalue weighted by Gasteiger charge is 2.31. The molecule has 1 aliphatic rings. The second-order valence-electron chi connectivity index (χ2n) is 5.03. The van der Waals surface area contributed by atoms with Crippen LogP contribution in [0.15, 0.2) is 18.2 Å².